The summed E-state index contributed by atoms with van der Waals surface area (Å²) in [5, 5.41) is 7.75. The van der Waals surface area contributed by atoms with Crippen LogP contribution in [0.3, 0.4) is 0 Å². The molecule has 3 aromatic rings. The van der Waals surface area contributed by atoms with E-state index in [2.05, 4.69) is 25.4 Å². The second-order valence-electron chi connectivity index (χ2n) is 5.26. The lowest BCUT2D eigenvalue weighted by molar-refractivity contribution is -0.115. The molecule has 0 saturated carbocycles. The van der Waals surface area contributed by atoms with Crippen molar-refractivity contribution < 1.29 is 4.79 Å². The molecule has 0 aliphatic carbocycles. The number of halogens is 1. The summed E-state index contributed by atoms with van der Waals surface area (Å²) >= 11 is 7.04. The van der Waals surface area contributed by atoms with Crippen LogP contribution in [0.25, 0.3) is 5.78 Å². The molecular formula is C15H15ClN6OS. The Kier molecular flexibility index (Phi) is 4.68. The van der Waals surface area contributed by atoms with Gasteiger partial charge in [0.2, 0.25) is 11.1 Å². The fourth-order valence-corrected chi connectivity index (χ4v) is 2.94. The van der Waals surface area contributed by atoms with Crippen LogP contribution in [0.5, 0.6) is 0 Å². The van der Waals surface area contributed by atoms with Gasteiger partial charge in [-0.2, -0.15) is 4.98 Å². The monoisotopic (exact) mass is 362 g/mol. The van der Waals surface area contributed by atoms with E-state index in [0.717, 1.165) is 11.4 Å². The van der Waals surface area contributed by atoms with Gasteiger partial charge < -0.3 is 5.32 Å². The van der Waals surface area contributed by atoms with Crippen LogP contribution >= 0.6 is 23.4 Å². The summed E-state index contributed by atoms with van der Waals surface area (Å²) in [6.07, 6.45) is 1.48. The fourth-order valence-electron chi connectivity index (χ4n) is 2.09. The molecule has 0 aromatic carbocycles. The minimum Gasteiger partial charge on any atom is -0.310 e. The lowest BCUT2D eigenvalue weighted by atomic mass is 10.4. The number of carbonyl (C=O) groups excluding carboxylic acids is 1. The van der Waals surface area contributed by atoms with Crippen molar-refractivity contribution in [3.8, 4) is 0 Å². The van der Waals surface area contributed by atoms with Crippen molar-refractivity contribution in [2.24, 2.45) is 0 Å². The molecule has 9 heteroatoms. The maximum atomic E-state index is 12.3. The van der Waals surface area contributed by atoms with Crippen LogP contribution < -0.4 is 5.32 Å². The largest absolute Gasteiger partial charge is 0.310 e. The summed E-state index contributed by atoms with van der Waals surface area (Å²) in [5.41, 5.74) is 1.82. The zero-order valence-corrected chi connectivity index (χ0v) is 14.9. The first-order valence-electron chi connectivity index (χ1n) is 7.22. The quantitative estimate of drug-likeness (QED) is 0.718. The molecule has 1 N–H and O–H groups in total. The van der Waals surface area contributed by atoms with E-state index in [1.807, 2.05) is 19.9 Å². The van der Waals surface area contributed by atoms with Gasteiger partial charge in [-0.25, -0.2) is 14.5 Å². The van der Waals surface area contributed by atoms with Crippen LogP contribution in [0, 0.1) is 13.8 Å². The van der Waals surface area contributed by atoms with Crippen molar-refractivity contribution in [2.45, 2.75) is 31.2 Å². The van der Waals surface area contributed by atoms with E-state index < -0.39 is 0 Å². The summed E-state index contributed by atoms with van der Waals surface area (Å²) in [4.78, 5) is 25.0. The van der Waals surface area contributed by atoms with Crippen LogP contribution in [-0.4, -0.2) is 35.7 Å². The molecule has 3 rings (SSSR count). The average Bonchev–Trinajstić information content (AvgIpc) is 2.92. The molecule has 0 unspecified atom stereocenters. The maximum absolute atomic E-state index is 12.3. The van der Waals surface area contributed by atoms with Gasteiger partial charge >= 0.3 is 0 Å². The Labute approximate surface area is 147 Å². The first-order chi connectivity index (χ1) is 11.4. The molecule has 0 spiro atoms. The molecular weight excluding hydrogens is 348 g/mol. The Morgan fingerprint density at radius 2 is 2.12 bits per heavy atom. The van der Waals surface area contributed by atoms with Crippen LogP contribution in [-0.2, 0) is 4.79 Å². The van der Waals surface area contributed by atoms with Gasteiger partial charge in [-0.15, -0.1) is 5.10 Å². The number of anilines is 1. The molecule has 0 fully saturated rings. The predicted molar refractivity (Wildman–Crippen MR) is 93.5 cm³/mol. The predicted octanol–water partition coefficient (Wildman–Crippen LogP) is 2.91. The number of hydrogen-bond acceptors (Lipinski definition) is 6. The molecule has 24 heavy (non-hydrogen) atoms. The standard InChI is InChI=1S/C15H15ClN6OS/c1-8-6-9(2)22-14(18-8)20-15(21-22)24-10(3)13(23)19-12-5-4-11(16)7-17-12/h4-7,10H,1-3H3,(H,17,19,23)/t10-/m1/s1. The van der Waals surface area contributed by atoms with E-state index >= 15 is 0 Å². The van der Waals surface area contributed by atoms with Crippen molar-refractivity contribution in [1.82, 2.24) is 24.6 Å². The van der Waals surface area contributed by atoms with E-state index in [9.17, 15) is 4.79 Å². The van der Waals surface area contributed by atoms with Gasteiger partial charge in [-0.1, -0.05) is 23.4 Å². The molecule has 0 aliphatic heterocycles. The van der Waals surface area contributed by atoms with E-state index in [-0.39, 0.29) is 11.2 Å². The van der Waals surface area contributed by atoms with E-state index in [4.69, 9.17) is 11.6 Å². The number of thioether (sulfide) groups is 1. The molecule has 1 amide bonds. The smallest absolute Gasteiger partial charge is 0.253 e. The van der Waals surface area contributed by atoms with Crippen LogP contribution in [0.1, 0.15) is 18.3 Å². The Hall–Kier alpha value is -2.19. The first-order valence-corrected chi connectivity index (χ1v) is 8.48. The number of pyridine rings is 1. The zero-order valence-electron chi connectivity index (χ0n) is 13.3. The molecule has 124 valence electrons. The number of nitrogens with one attached hydrogen (secondary N) is 1. The number of hydrogen-bond donors (Lipinski definition) is 1. The first kappa shape index (κ1) is 16.7. The Morgan fingerprint density at radius 3 is 2.83 bits per heavy atom. The zero-order chi connectivity index (χ0) is 17.3. The van der Waals surface area contributed by atoms with Crippen molar-refractivity contribution in [2.75, 3.05) is 5.32 Å². The molecule has 3 heterocycles. The lowest BCUT2D eigenvalue weighted by Crippen LogP contribution is -2.23. The lowest BCUT2D eigenvalue weighted by Gasteiger charge is -2.09. The van der Waals surface area contributed by atoms with Gasteiger partial charge in [0.1, 0.15) is 5.82 Å². The summed E-state index contributed by atoms with van der Waals surface area (Å²) in [5.74, 6) is 0.796. The van der Waals surface area contributed by atoms with Gasteiger partial charge in [0, 0.05) is 17.6 Å². The number of aryl methyl sites for hydroxylation is 2. The van der Waals surface area contributed by atoms with Crippen LogP contribution in [0.4, 0.5) is 5.82 Å². The van der Waals surface area contributed by atoms with E-state index in [1.54, 1.807) is 23.6 Å². The van der Waals surface area contributed by atoms with Crippen molar-refractivity contribution in [3.05, 3.63) is 40.8 Å². The third-order valence-electron chi connectivity index (χ3n) is 3.23. The highest BCUT2D eigenvalue weighted by atomic mass is 35.5. The van der Waals surface area contributed by atoms with Gasteiger partial charge in [-0.3, -0.25) is 4.79 Å². The molecule has 3 aromatic heterocycles. The second kappa shape index (κ2) is 6.74. The Bertz CT molecular complexity index is 895. The molecule has 1 atom stereocenters. The minimum atomic E-state index is -0.388. The number of fused-ring (bicyclic) bond motifs is 1. The summed E-state index contributed by atoms with van der Waals surface area (Å²) < 4.78 is 1.67. The second-order valence-corrected chi connectivity index (χ2v) is 7.00. The van der Waals surface area contributed by atoms with E-state index in [0.29, 0.717) is 21.8 Å². The highest BCUT2D eigenvalue weighted by Crippen LogP contribution is 2.22. The molecule has 7 nitrogen and oxygen atoms in total. The van der Waals surface area contributed by atoms with Crippen molar-refractivity contribution in [3.63, 3.8) is 0 Å². The number of aromatic nitrogens is 5. The summed E-state index contributed by atoms with van der Waals surface area (Å²) in [6, 6.07) is 5.25. The van der Waals surface area contributed by atoms with Crippen molar-refractivity contribution in [1.29, 1.82) is 0 Å². The number of nitrogens with zero attached hydrogens (tertiary/aromatic N) is 5. The fraction of sp³-hybridized carbons (Fsp3) is 0.267. The summed E-state index contributed by atoms with van der Waals surface area (Å²) in [7, 11) is 0. The third kappa shape index (κ3) is 3.65. The average molecular weight is 363 g/mol. The number of amides is 1. The summed E-state index contributed by atoms with van der Waals surface area (Å²) in [6.45, 7) is 5.63. The van der Waals surface area contributed by atoms with Crippen LogP contribution in [0.15, 0.2) is 29.6 Å². The number of carbonyl (C=O) groups is 1. The normalized spacial score (nSPS) is 12.3. The Morgan fingerprint density at radius 1 is 1.33 bits per heavy atom. The van der Waals surface area contributed by atoms with E-state index in [1.165, 1.54) is 18.0 Å². The maximum Gasteiger partial charge on any atom is 0.253 e. The number of rotatable bonds is 4. The van der Waals surface area contributed by atoms with Crippen molar-refractivity contribution >= 4 is 40.9 Å². The van der Waals surface area contributed by atoms with Gasteiger partial charge in [-0.05, 0) is 39.0 Å². The topological polar surface area (TPSA) is 85.1 Å². The molecule has 0 bridgehead atoms. The Balaban J connectivity index is 1.72. The van der Waals surface area contributed by atoms with Gasteiger partial charge in [0.15, 0.2) is 0 Å². The molecule has 0 saturated heterocycles. The minimum absolute atomic E-state index is 0.186. The highest BCUT2D eigenvalue weighted by Gasteiger charge is 2.18. The van der Waals surface area contributed by atoms with Crippen LogP contribution in [0.2, 0.25) is 5.02 Å². The highest BCUT2D eigenvalue weighted by molar-refractivity contribution is 8.00. The molecule has 0 radical (unpaired) electrons. The SMILES string of the molecule is Cc1cc(C)n2nc(S[C@H](C)C(=O)Nc3ccc(Cl)cn3)nc2n1. The van der Waals surface area contributed by atoms with Gasteiger partial charge in [0.25, 0.3) is 5.78 Å². The third-order valence-corrected chi connectivity index (χ3v) is 4.40. The van der Waals surface area contributed by atoms with Gasteiger partial charge in [0.05, 0.1) is 10.3 Å². The molecule has 0 aliphatic rings.